The number of aromatic nitrogens is 1. The smallest absolute Gasteiger partial charge is 0.408 e. The molecular weight excluding hydrogens is 394 g/mol. The van der Waals surface area contributed by atoms with E-state index >= 15 is 0 Å². The Morgan fingerprint density at radius 2 is 1.81 bits per heavy atom. The van der Waals surface area contributed by atoms with Crippen LogP contribution in [0.1, 0.15) is 31.9 Å². The number of amides is 2. The summed E-state index contributed by atoms with van der Waals surface area (Å²) in [4.78, 5) is 26.8. The molecule has 7 nitrogen and oxygen atoms in total. The lowest BCUT2D eigenvalue weighted by atomic mass is 10.1. The minimum atomic E-state index is -0.607. The van der Waals surface area contributed by atoms with Gasteiger partial charge in [0.25, 0.3) is 0 Å². The molecule has 3 rings (SSSR count). The Balaban J connectivity index is 1.45. The highest BCUT2D eigenvalue weighted by atomic mass is 16.6. The molecular formula is C24H29N3O4. The Hall–Kier alpha value is -3.48. The fourth-order valence-corrected chi connectivity index (χ4v) is 3.07. The van der Waals surface area contributed by atoms with Crippen molar-refractivity contribution in [2.24, 2.45) is 0 Å². The van der Waals surface area contributed by atoms with Gasteiger partial charge in [0.1, 0.15) is 18.0 Å². The SMILES string of the molecule is CC(C)(C)OC(=O)NCC(=O)NCCc1c[nH]c2cc(OCc3ccccc3)ccc12. The fraction of sp³-hybridized carbons (Fsp3) is 0.333. The van der Waals surface area contributed by atoms with Gasteiger partial charge in [-0.25, -0.2) is 4.79 Å². The van der Waals surface area contributed by atoms with Crippen molar-refractivity contribution in [3.63, 3.8) is 0 Å². The molecule has 2 aromatic carbocycles. The number of aromatic amines is 1. The summed E-state index contributed by atoms with van der Waals surface area (Å²) >= 11 is 0. The molecule has 0 aliphatic rings. The molecule has 31 heavy (non-hydrogen) atoms. The third-order valence-electron chi connectivity index (χ3n) is 4.50. The van der Waals surface area contributed by atoms with Gasteiger partial charge >= 0.3 is 6.09 Å². The zero-order valence-corrected chi connectivity index (χ0v) is 18.2. The highest BCUT2D eigenvalue weighted by molar-refractivity contribution is 5.85. The minimum Gasteiger partial charge on any atom is -0.489 e. The predicted molar refractivity (Wildman–Crippen MR) is 120 cm³/mol. The summed E-state index contributed by atoms with van der Waals surface area (Å²) < 4.78 is 11.0. The summed E-state index contributed by atoms with van der Waals surface area (Å²) in [5.74, 6) is 0.536. The molecule has 1 heterocycles. The molecule has 0 spiro atoms. The van der Waals surface area contributed by atoms with E-state index in [0.717, 1.165) is 27.8 Å². The van der Waals surface area contributed by atoms with Gasteiger partial charge in [0.15, 0.2) is 0 Å². The normalized spacial score (nSPS) is 11.2. The van der Waals surface area contributed by atoms with E-state index in [4.69, 9.17) is 9.47 Å². The number of carbonyl (C=O) groups is 2. The Morgan fingerprint density at radius 3 is 2.55 bits per heavy atom. The number of ether oxygens (including phenoxy) is 2. The molecule has 0 fully saturated rings. The highest BCUT2D eigenvalue weighted by Gasteiger charge is 2.16. The van der Waals surface area contributed by atoms with Gasteiger partial charge in [0.05, 0.1) is 6.54 Å². The quantitative estimate of drug-likeness (QED) is 0.512. The van der Waals surface area contributed by atoms with Crippen LogP contribution in [0.4, 0.5) is 4.79 Å². The van der Waals surface area contributed by atoms with Crippen LogP contribution in [0.3, 0.4) is 0 Å². The van der Waals surface area contributed by atoms with Crippen LogP contribution in [-0.4, -0.2) is 35.7 Å². The summed E-state index contributed by atoms with van der Waals surface area (Å²) in [6.07, 6.45) is 2.00. The number of alkyl carbamates (subject to hydrolysis) is 1. The molecule has 0 unspecified atom stereocenters. The molecule has 3 N–H and O–H groups in total. The van der Waals surface area contributed by atoms with Crippen molar-refractivity contribution < 1.29 is 19.1 Å². The second-order valence-corrected chi connectivity index (χ2v) is 8.25. The van der Waals surface area contributed by atoms with E-state index in [2.05, 4.69) is 15.6 Å². The summed E-state index contributed by atoms with van der Waals surface area (Å²) in [5, 5.41) is 6.35. The molecule has 0 saturated carbocycles. The van der Waals surface area contributed by atoms with E-state index in [-0.39, 0.29) is 12.5 Å². The van der Waals surface area contributed by atoms with E-state index in [9.17, 15) is 9.59 Å². The number of hydrogen-bond donors (Lipinski definition) is 3. The minimum absolute atomic E-state index is 0.120. The number of benzene rings is 2. The summed E-state index contributed by atoms with van der Waals surface area (Å²) in [6.45, 7) is 6.17. The van der Waals surface area contributed by atoms with Crippen LogP contribution in [0.25, 0.3) is 10.9 Å². The molecule has 0 aliphatic heterocycles. The van der Waals surface area contributed by atoms with Crippen molar-refractivity contribution >= 4 is 22.9 Å². The maximum Gasteiger partial charge on any atom is 0.408 e. The second kappa shape index (κ2) is 10.0. The van der Waals surface area contributed by atoms with Crippen LogP contribution in [0, 0.1) is 0 Å². The van der Waals surface area contributed by atoms with Gasteiger partial charge < -0.3 is 25.1 Å². The third kappa shape index (κ3) is 7.06. The van der Waals surface area contributed by atoms with Gasteiger partial charge in [0, 0.05) is 29.7 Å². The number of carbonyl (C=O) groups excluding carboxylic acids is 2. The van der Waals surface area contributed by atoms with Gasteiger partial charge in [-0.2, -0.15) is 0 Å². The van der Waals surface area contributed by atoms with E-state index < -0.39 is 11.7 Å². The standard InChI is InChI=1S/C24H29N3O4/c1-24(2,3)31-23(29)27-15-22(28)25-12-11-18-14-26-21-13-19(9-10-20(18)21)30-16-17-7-5-4-6-8-17/h4-10,13-14,26H,11-12,15-16H2,1-3H3,(H,25,28)(H,27,29). The Labute approximate surface area is 182 Å². The van der Waals surface area contributed by atoms with E-state index in [1.165, 1.54) is 0 Å². The number of fused-ring (bicyclic) bond motifs is 1. The number of H-pyrrole nitrogens is 1. The summed E-state index contributed by atoms with van der Waals surface area (Å²) in [6, 6.07) is 16.0. The third-order valence-corrected chi connectivity index (χ3v) is 4.50. The van der Waals surface area contributed by atoms with Crippen LogP contribution >= 0.6 is 0 Å². The molecule has 2 amide bonds. The van der Waals surface area contributed by atoms with Gasteiger partial charge in [0.2, 0.25) is 5.91 Å². The zero-order chi connectivity index (χ0) is 22.3. The van der Waals surface area contributed by atoms with Crippen molar-refractivity contribution in [2.75, 3.05) is 13.1 Å². The fourth-order valence-electron chi connectivity index (χ4n) is 3.07. The lowest BCUT2D eigenvalue weighted by Gasteiger charge is -2.19. The summed E-state index contributed by atoms with van der Waals surface area (Å²) in [5.41, 5.74) is 2.61. The van der Waals surface area contributed by atoms with Crippen LogP contribution in [0.15, 0.2) is 54.7 Å². The van der Waals surface area contributed by atoms with E-state index in [0.29, 0.717) is 19.6 Å². The zero-order valence-electron chi connectivity index (χ0n) is 18.2. The molecule has 0 aliphatic carbocycles. The van der Waals surface area contributed by atoms with Crippen LogP contribution in [-0.2, 0) is 22.6 Å². The number of rotatable bonds is 8. The molecule has 0 atom stereocenters. The number of hydrogen-bond acceptors (Lipinski definition) is 4. The summed E-state index contributed by atoms with van der Waals surface area (Å²) in [7, 11) is 0. The largest absolute Gasteiger partial charge is 0.489 e. The molecule has 0 saturated heterocycles. The number of nitrogens with one attached hydrogen (secondary N) is 3. The first-order valence-corrected chi connectivity index (χ1v) is 10.3. The van der Waals surface area contributed by atoms with Crippen molar-refractivity contribution in [2.45, 2.75) is 39.4 Å². The lowest BCUT2D eigenvalue weighted by Crippen LogP contribution is -2.40. The molecule has 3 aromatic rings. The Kier molecular flexibility index (Phi) is 7.18. The van der Waals surface area contributed by atoms with Gasteiger partial charge in [-0.05, 0) is 50.5 Å². The molecule has 7 heteroatoms. The van der Waals surface area contributed by atoms with Gasteiger partial charge in [-0.15, -0.1) is 0 Å². The first kappa shape index (κ1) is 22.2. The first-order valence-electron chi connectivity index (χ1n) is 10.3. The maximum absolute atomic E-state index is 11.9. The molecule has 164 valence electrons. The van der Waals surface area contributed by atoms with Crippen molar-refractivity contribution in [1.82, 2.24) is 15.6 Å². The highest BCUT2D eigenvalue weighted by Crippen LogP contribution is 2.24. The van der Waals surface area contributed by atoms with Crippen LogP contribution in [0.5, 0.6) is 5.75 Å². The Bertz CT molecular complexity index is 1020. The van der Waals surface area contributed by atoms with E-state index in [1.807, 2.05) is 54.7 Å². The van der Waals surface area contributed by atoms with Crippen molar-refractivity contribution in [3.8, 4) is 5.75 Å². The van der Waals surface area contributed by atoms with Gasteiger partial charge in [-0.3, -0.25) is 4.79 Å². The molecule has 1 aromatic heterocycles. The van der Waals surface area contributed by atoms with Crippen LogP contribution in [0.2, 0.25) is 0 Å². The van der Waals surface area contributed by atoms with E-state index in [1.54, 1.807) is 20.8 Å². The Morgan fingerprint density at radius 1 is 1.03 bits per heavy atom. The average molecular weight is 424 g/mol. The topological polar surface area (TPSA) is 92.5 Å². The predicted octanol–water partition coefficient (Wildman–Crippen LogP) is 3.93. The van der Waals surface area contributed by atoms with Crippen LogP contribution < -0.4 is 15.4 Å². The lowest BCUT2D eigenvalue weighted by molar-refractivity contribution is -0.120. The maximum atomic E-state index is 11.9. The van der Waals surface area contributed by atoms with Gasteiger partial charge in [-0.1, -0.05) is 30.3 Å². The molecule has 0 radical (unpaired) electrons. The van der Waals surface area contributed by atoms with Crippen molar-refractivity contribution in [1.29, 1.82) is 0 Å². The first-order chi connectivity index (χ1) is 14.8. The van der Waals surface area contributed by atoms with Crippen molar-refractivity contribution in [3.05, 3.63) is 65.9 Å². The molecule has 0 bridgehead atoms. The second-order valence-electron chi connectivity index (χ2n) is 8.25. The monoisotopic (exact) mass is 423 g/mol. The average Bonchev–Trinajstić information content (AvgIpc) is 3.12.